The van der Waals surface area contributed by atoms with Gasteiger partial charge in [0.1, 0.15) is 5.82 Å². The van der Waals surface area contributed by atoms with Crippen LogP contribution in [-0.2, 0) is 6.42 Å². The standard InChI is InChI=1S/C15H20N2O2/c1-2-5-11-8-15(16-12(9-18)10-19)17-14-7-4-3-6-13(11)14/h3-4,6-8,12,18-19H,2,5,9-10H2,1H3,(H,16,17). The first-order valence-electron chi connectivity index (χ1n) is 6.65. The van der Waals surface area contributed by atoms with E-state index in [1.165, 1.54) is 10.9 Å². The van der Waals surface area contributed by atoms with E-state index in [-0.39, 0.29) is 19.3 Å². The van der Waals surface area contributed by atoms with Crippen LogP contribution in [-0.4, -0.2) is 34.5 Å². The van der Waals surface area contributed by atoms with E-state index in [1.54, 1.807) is 0 Å². The van der Waals surface area contributed by atoms with Crippen molar-refractivity contribution in [3.63, 3.8) is 0 Å². The second-order valence-electron chi connectivity index (χ2n) is 4.64. The number of aryl methyl sites for hydroxylation is 1. The van der Waals surface area contributed by atoms with Gasteiger partial charge in [-0.05, 0) is 24.1 Å². The molecule has 0 amide bonds. The Morgan fingerprint density at radius 1 is 1.21 bits per heavy atom. The fourth-order valence-corrected chi connectivity index (χ4v) is 2.16. The summed E-state index contributed by atoms with van der Waals surface area (Å²) in [7, 11) is 0. The van der Waals surface area contributed by atoms with E-state index in [2.05, 4.69) is 23.3 Å². The van der Waals surface area contributed by atoms with Crippen LogP contribution in [0.2, 0.25) is 0 Å². The number of aliphatic hydroxyl groups excluding tert-OH is 2. The fourth-order valence-electron chi connectivity index (χ4n) is 2.16. The molecule has 1 aromatic heterocycles. The first kappa shape index (κ1) is 13.8. The first-order chi connectivity index (χ1) is 9.28. The van der Waals surface area contributed by atoms with E-state index < -0.39 is 0 Å². The predicted molar refractivity (Wildman–Crippen MR) is 77.3 cm³/mol. The van der Waals surface area contributed by atoms with E-state index in [0.29, 0.717) is 5.82 Å². The highest BCUT2D eigenvalue weighted by Gasteiger charge is 2.09. The number of aliphatic hydroxyl groups is 2. The Kier molecular flexibility index (Phi) is 4.71. The first-order valence-corrected chi connectivity index (χ1v) is 6.65. The van der Waals surface area contributed by atoms with E-state index in [0.717, 1.165) is 18.4 Å². The van der Waals surface area contributed by atoms with Crippen molar-refractivity contribution in [2.75, 3.05) is 18.5 Å². The molecule has 0 aliphatic rings. The highest BCUT2D eigenvalue weighted by Crippen LogP contribution is 2.22. The molecule has 4 nitrogen and oxygen atoms in total. The van der Waals surface area contributed by atoms with Gasteiger partial charge >= 0.3 is 0 Å². The number of rotatable bonds is 6. The summed E-state index contributed by atoms with van der Waals surface area (Å²) in [4.78, 5) is 4.52. The quantitative estimate of drug-likeness (QED) is 0.743. The Hall–Kier alpha value is -1.65. The Labute approximate surface area is 113 Å². The smallest absolute Gasteiger partial charge is 0.127 e. The van der Waals surface area contributed by atoms with Gasteiger partial charge in [-0.15, -0.1) is 0 Å². The number of fused-ring (bicyclic) bond motifs is 1. The molecule has 102 valence electrons. The zero-order chi connectivity index (χ0) is 13.7. The molecule has 2 rings (SSSR count). The molecule has 0 radical (unpaired) electrons. The molecule has 0 atom stereocenters. The number of nitrogens with one attached hydrogen (secondary N) is 1. The summed E-state index contributed by atoms with van der Waals surface area (Å²) in [6, 6.07) is 9.66. The minimum atomic E-state index is -0.372. The average Bonchev–Trinajstić information content (AvgIpc) is 2.45. The maximum Gasteiger partial charge on any atom is 0.127 e. The monoisotopic (exact) mass is 260 g/mol. The van der Waals surface area contributed by atoms with Crippen LogP contribution in [0.15, 0.2) is 30.3 Å². The third kappa shape index (κ3) is 3.22. The van der Waals surface area contributed by atoms with Crippen LogP contribution in [0.25, 0.3) is 10.9 Å². The number of hydrogen-bond acceptors (Lipinski definition) is 4. The van der Waals surface area contributed by atoms with Gasteiger partial charge in [0.15, 0.2) is 0 Å². The molecule has 3 N–H and O–H groups in total. The van der Waals surface area contributed by atoms with E-state index in [4.69, 9.17) is 10.2 Å². The lowest BCUT2D eigenvalue weighted by molar-refractivity contribution is 0.203. The molecule has 0 unspecified atom stereocenters. The Balaban J connectivity index is 2.39. The summed E-state index contributed by atoms with van der Waals surface area (Å²) in [6.07, 6.45) is 2.05. The van der Waals surface area contributed by atoms with Crippen LogP contribution >= 0.6 is 0 Å². The van der Waals surface area contributed by atoms with Crippen molar-refractivity contribution < 1.29 is 10.2 Å². The van der Waals surface area contributed by atoms with Crippen molar-refractivity contribution in [3.05, 3.63) is 35.9 Å². The number of para-hydroxylation sites is 1. The van der Waals surface area contributed by atoms with Crippen LogP contribution in [0, 0.1) is 0 Å². The lowest BCUT2D eigenvalue weighted by Gasteiger charge is -2.16. The third-order valence-electron chi connectivity index (χ3n) is 3.11. The molecule has 0 aliphatic carbocycles. The second-order valence-corrected chi connectivity index (χ2v) is 4.64. The predicted octanol–water partition coefficient (Wildman–Crippen LogP) is 1.95. The minimum absolute atomic E-state index is 0.117. The van der Waals surface area contributed by atoms with Gasteiger partial charge in [0.05, 0.1) is 24.8 Å². The zero-order valence-electron chi connectivity index (χ0n) is 11.1. The molecular weight excluding hydrogens is 240 g/mol. The van der Waals surface area contributed by atoms with Crippen molar-refractivity contribution in [1.82, 2.24) is 4.98 Å². The number of anilines is 1. The highest BCUT2D eigenvalue weighted by atomic mass is 16.3. The van der Waals surface area contributed by atoms with Gasteiger partial charge in [0.2, 0.25) is 0 Å². The lowest BCUT2D eigenvalue weighted by Crippen LogP contribution is -2.28. The highest BCUT2D eigenvalue weighted by molar-refractivity contribution is 5.84. The molecule has 0 aliphatic heterocycles. The van der Waals surface area contributed by atoms with Crippen LogP contribution in [0.5, 0.6) is 0 Å². The Morgan fingerprint density at radius 3 is 2.63 bits per heavy atom. The number of benzene rings is 1. The molecule has 2 aromatic rings. The Bertz CT molecular complexity index is 539. The fraction of sp³-hybridized carbons (Fsp3) is 0.400. The van der Waals surface area contributed by atoms with Gasteiger partial charge in [-0.1, -0.05) is 31.5 Å². The van der Waals surface area contributed by atoms with Crippen LogP contribution < -0.4 is 5.32 Å². The summed E-state index contributed by atoms with van der Waals surface area (Å²) in [5.41, 5.74) is 2.18. The van der Waals surface area contributed by atoms with Crippen molar-refractivity contribution in [1.29, 1.82) is 0 Å². The van der Waals surface area contributed by atoms with Gasteiger partial charge in [0.25, 0.3) is 0 Å². The average molecular weight is 260 g/mol. The van der Waals surface area contributed by atoms with Crippen LogP contribution in [0.4, 0.5) is 5.82 Å². The summed E-state index contributed by atoms with van der Waals surface area (Å²) < 4.78 is 0. The van der Waals surface area contributed by atoms with Crippen LogP contribution in [0.1, 0.15) is 18.9 Å². The molecule has 1 aromatic carbocycles. The molecule has 0 fully saturated rings. The normalized spacial score (nSPS) is 11.2. The van der Waals surface area contributed by atoms with E-state index in [1.807, 2.05) is 24.3 Å². The topological polar surface area (TPSA) is 65.4 Å². The molecule has 19 heavy (non-hydrogen) atoms. The van der Waals surface area contributed by atoms with Gasteiger partial charge in [-0.3, -0.25) is 0 Å². The van der Waals surface area contributed by atoms with Gasteiger partial charge < -0.3 is 15.5 Å². The van der Waals surface area contributed by atoms with Crippen molar-refractivity contribution in [2.45, 2.75) is 25.8 Å². The number of aromatic nitrogens is 1. The number of pyridine rings is 1. The summed E-state index contributed by atoms with van der Waals surface area (Å²) in [5.74, 6) is 0.704. The maximum absolute atomic E-state index is 9.12. The molecule has 4 heteroatoms. The number of hydrogen-bond donors (Lipinski definition) is 3. The second kappa shape index (κ2) is 6.50. The zero-order valence-corrected chi connectivity index (χ0v) is 11.1. The van der Waals surface area contributed by atoms with Crippen molar-refractivity contribution in [2.24, 2.45) is 0 Å². The molecule has 1 heterocycles. The minimum Gasteiger partial charge on any atom is -0.394 e. The largest absolute Gasteiger partial charge is 0.394 e. The summed E-state index contributed by atoms with van der Waals surface area (Å²) in [6.45, 7) is 1.91. The molecular formula is C15H20N2O2. The molecule has 0 bridgehead atoms. The van der Waals surface area contributed by atoms with E-state index >= 15 is 0 Å². The molecule has 0 saturated heterocycles. The SMILES string of the molecule is CCCc1cc(NC(CO)CO)nc2ccccc12. The van der Waals surface area contributed by atoms with Gasteiger partial charge in [-0.25, -0.2) is 4.98 Å². The summed E-state index contributed by atoms with van der Waals surface area (Å²) in [5, 5.41) is 22.5. The van der Waals surface area contributed by atoms with E-state index in [9.17, 15) is 0 Å². The van der Waals surface area contributed by atoms with Crippen molar-refractivity contribution in [3.8, 4) is 0 Å². The summed E-state index contributed by atoms with van der Waals surface area (Å²) >= 11 is 0. The van der Waals surface area contributed by atoms with Gasteiger partial charge in [-0.2, -0.15) is 0 Å². The Morgan fingerprint density at radius 2 is 1.95 bits per heavy atom. The lowest BCUT2D eigenvalue weighted by atomic mass is 10.0. The maximum atomic E-state index is 9.12. The molecule has 0 spiro atoms. The van der Waals surface area contributed by atoms with Crippen molar-refractivity contribution >= 4 is 16.7 Å². The van der Waals surface area contributed by atoms with Gasteiger partial charge in [0, 0.05) is 5.39 Å². The third-order valence-corrected chi connectivity index (χ3v) is 3.11. The number of nitrogens with zero attached hydrogens (tertiary/aromatic N) is 1. The molecule has 0 saturated carbocycles. The van der Waals surface area contributed by atoms with Crippen LogP contribution in [0.3, 0.4) is 0 Å².